The first-order valence-electron chi connectivity index (χ1n) is 4.54. The van der Waals surface area contributed by atoms with E-state index in [1.54, 1.807) is 0 Å². The van der Waals surface area contributed by atoms with Gasteiger partial charge in [0.25, 0.3) is 0 Å². The molecular formula is C10H15P. The second-order valence-electron chi connectivity index (χ2n) is 3.33. The fraction of sp³-hybridized carbons (Fsp3) is 0.600. The Morgan fingerprint density at radius 3 is 2.27 bits per heavy atom. The minimum absolute atomic E-state index is 0.363. The molecule has 0 bridgehead atoms. The molecule has 0 aromatic carbocycles. The van der Waals surface area contributed by atoms with Crippen LogP contribution in [0, 0.1) is 0 Å². The van der Waals surface area contributed by atoms with Gasteiger partial charge in [-0.25, -0.2) is 0 Å². The molecule has 0 N–H and O–H groups in total. The first kappa shape index (κ1) is 7.55. The molecule has 0 atom stereocenters. The van der Waals surface area contributed by atoms with Crippen molar-refractivity contribution >= 4 is 7.92 Å². The predicted octanol–water partition coefficient (Wildman–Crippen LogP) is 3.15. The molecule has 0 saturated carbocycles. The van der Waals surface area contributed by atoms with E-state index in [9.17, 15) is 0 Å². The van der Waals surface area contributed by atoms with E-state index in [0.717, 1.165) is 5.66 Å². The Bertz CT molecular complexity index is 163. The van der Waals surface area contributed by atoms with Crippen molar-refractivity contribution in [1.29, 1.82) is 0 Å². The van der Waals surface area contributed by atoms with Gasteiger partial charge in [-0.1, -0.05) is 32.2 Å². The fourth-order valence-corrected chi connectivity index (χ4v) is 4.67. The van der Waals surface area contributed by atoms with Crippen LogP contribution in [0.1, 0.15) is 19.3 Å². The Morgan fingerprint density at radius 1 is 1.00 bits per heavy atom. The SMILES string of the molecule is C1=CC(P2CCCC2)C=CC1. The van der Waals surface area contributed by atoms with Crippen LogP contribution in [0.2, 0.25) is 0 Å². The summed E-state index contributed by atoms with van der Waals surface area (Å²) in [5.41, 5.74) is 0.848. The standard InChI is InChI=1S/C10H15P/c1-2-6-10(7-3-1)11-8-4-5-9-11/h2-3,6-7,10H,1,4-5,8-9H2. The molecular weight excluding hydrogens is 151 g/mol. The number of hydrogen-bond acceptors (Lipinski definition) is 0. The first-order chi connectivity index (χ1) is 5.47. The van der Waals surface area contributed by atoms with E-state index in [1.165, 1.54) is 31.6 Å². The molecule has 0 aromatic heterocycles. The second kappa shape index (κ2) is 3.54. The van der Waals surface area contributed by atoms with Gasteiger partial charge in [0.2, 0.25) is 0 Å². The van der Waals surface area contributed by atoms with Crippen molar-refractivity contribution in [2.45, 2.75) is 24.9 Å². The maximum atomic E-state index is 2.43. The maximum absolute atomic E-state index is 2.43. The van der Waals surface area contributed by atoms with Crippen molar-refractivity contribution in [3.05, 3.63) is 24.3 Å². The molecule has 1 fully saturated rings. The first-order valence-corrected chi connectivity index (χ1v) is 6.32. The summed E-state index contributed by atoms with van der Waals surface area (Å²) in [7, 11) is 0.363. The molecule has 1 aliphatic heterocycles. The van der Waals surface area contributed by atoms with Crippen molar-refractivity contribution in [2.75, 3.05) is 12.3 Å². The van der Waals surface area contributed by atoms with Gasteiger partial charge in [0, 0.05) is 5.66 Å². The second-order valence-corrected chi connectivity index (χ2v) is 5.99. The van der Waals surface area contributed by atoms with Crippen LogP contribution < -0.4 is 0 Å². The van der Waals surface area contributed by atoms with Crippen LogP contribution in [0.3, 0.4) is 0 Å². The average Bonchev–Trinajstić information content (AvgIpc) is 2.58. The summed E-state index contributed by atoms with van der Waals surface area (Å²) in [5, 5.41) is 0. The molecule has 0 radical (unpaired) electrons. The summed E-state index contributed by atoms with van der Waals surface area (Å²) in [4.78, 5) is 0. The monoisotopic (exact) mass is 166 g/mol. The van der Waals surface area contributed by atoms with Crippen LogP contribution in [-0.2, 0) is 0 Å². The van der Waals surface area contributed by atoms with Crippen LogP contribution in [0.4, 0.5) is 0 Å². The Kier molecular flexibility index (Phi) is 2.43. The summed E-state index contributed by atoms with van der Waals surface area (Å²) in [5.74, 6) is 0. The topological polar surface area (TPSA) is 0 Å². The van der Waals surface area contributed by atoms with Crippen LogP contribution in [0.25, 0.3) is 0 Å². The molecule has 1 saturated heterocycles. The van der Waals surface area contributed by atoms with E-state index in [1.807, 2.05) is 0 Å². The number of rotatable bonds is 1. The molecule has 0 aromatic rings. The predicted molar refractivity (Wildman–Crippen MR) is 52.6 cm³/mol. The third-order valence-electron chi connectivity index (χ3n) is 2.50. The fourth-order valence-electron chi connectivity index (χ4n) is 1.86. The van der Waals surface area contributed by atoms with E-state index in [4.69, 9.17) is 0 Å². The van der Waals surface area contributed by atoms with Crippen molar-refractivity contribution in [1.82, 2.24) is 0 Å². The van der Waals surface area contributed by atoms with E-state index in [2.05, 4.69) is 24.3 Å². The largest absolute Gasteiger partial charge is 0.0957 e. The lowest BCUT2D eigenvalue weighted by molar-refractivity contribution is 0.949. The highest BCUT2D eigenvalue weighted by Crippen LogP contribution is 2.49. The summed E-state index contributed by atoms with van der Waals surface area (Å²) in [6.45, 7) is 0. The molecule has 0 spiro atoms. The van der Waals surface area contributed by atoms with Gasteiger partial charge in [-0.3, -0.25) is 0 Å². The zero-order valence-electron chi connectivity index (χ0n) is 6.87. The molecule has 2 rings (SSSR count). The van der Waals surface area contributed by atoms with Gasteiger partial charge in [-0.15, -0.1) is 0 Å². The van der Waals surface area contributed by atoms with Gasteiger partial charge in [0.1, 0.15) is 0 Å². The molecule has 0 nitrogen and oxygen atoms in total. The highest BCUT2D eigenvalue weighted by atomic mass is 31.1. The van der Waals surface area contributed by atoms with E-state index >= 15 is 0 Å². The lowest BCUT2D eigenvalue weighted by Gasteiger charge is -2.18. The molecule has 0 amide bonds. The average molecular weight is 166 g/mol. The van der Waals surface area contributed by atoms with Crippen molar-refractivity contribution in [2.24, 2.45) is 0 Å². The molecule has 1 heterocycles. The molecule has 0 unspecified atom stereocenters. The van der Waals surface area contributed by atoms with Crippen molar-refractivity contribution in [3.8, 4) is 0 Å². The van der Waals surface area contributed by atoms with E-state index in [0.29, 0.717) is 7.92 Å². The van der Waals surface area contributed by atoms with Gasteiger partial charge >= 0.3 is 0 Å². The van der Waals surface area contributed by atoms with Crippen molar-refractivity contribution < 1.29 is 0 Å². The van der Waals surface area contributed by atoms with Crippen LogP contribution in [0.15, 0.2) is 24.3 Å². The summed E-state index contributed by atoms with van der Waals surface area (Å²) >= 11 is 0. The summed E-state index contributed by atoms with van der Waals surface area (Å²) < 4.78 is 0. The Balaban J connectivity index is 1.97. The third kappa shape index (κ3) is 1.73. The molecule has 60 valence electrons. The van der Waals surface area contributed by atoms with Crippen molar-refractivity contribution in [3.63, 3.8) is 0 Å². The minimum Gasteiger partial charge on any atom is -0.0957 e. The van der Waals surface area contributed by atoms with Gasteiger partial charge < -0.3 is 0 Å². The van der Waals surface area contributed by atoms with E-state index < -0.39 is 0 Å². The molecule has 1 aliphatic carbocycles. The zero-order chi connectivity index (χ0) is 7.52. The quantitative estimate of drug-likeness (QED) is 0.414. The molecule has 11 heavy (non-hydrogen) atoms. The highest BCUT2D eigenvalue weighted by molar-refractivity contribution is 7.59. The maximum Gasteiger partial charge on any atom is 0.0150 e. The summed E-state index contributed by atoms with van der Waals surface area (Å²) in [6, 6.07) is 0. The van der Waals surface area contributed by atoms with Crippen LogP contribution in [0.5, 0.6) is 0 Å². The third-order valence-corrected chi connectivity index (χ3v) is 5.47. The number of hydrogen-bond donors (Lipinski definition) is 0. The number of allylic oxidation sites excluding steroid dienone is 4. The molecule has 1 heteroatoms. The van der Waals surface area contributed by atoms with Gasteiger partial charge in [0.05, 0.1) is 0 Å². The Morgan fingerprint density at radius 2 is 1.64 bits per heavy atom. The Labute approximate surface area is 70.1 Å². The normalized spacial score (nSPS) is 26.5. The van der Waals surface area contributed by atoms with Crippen LogP contribution in [-0.4, -0.2) is 18.0 Å². The van der Waals surface area contributed by atoms with Gasteiger partial charge in [-0.2, -0.15) is 0 Å². The minimum atomic E-state index is 0.363. The Hall–Kier alpha value is -0.0900. The smallest absolute Gasteiger partial charge is 0.0150 e. The lowest BCUT2D eigenvalue weighted by Crippen LogP contribution is -2.00. The van der Waals surface area contributed by atoms with Crippen LogP contribution >= 0.6 is 7.92 Å². The van der Waals surface area contributed by atoms with Gasteiger partial charge in [0.15, 0.2) is 0 Å². The molecule has 2 aliphatic rings. The van der Waals surface area contributed by atoms with E-state index in [-0.39, 0.29) is 0 Å². The summed E-state index contributed by atoms with van der Waals surface area (Å²) in [6.07, 6.45) is 16.7. The lowest BCUT2D eigenvalue weighted by atomic mass is 10.2. The van der Waals surface area contributed by atoms with Gasteiger partial charge in [-0.05, 0) is 31.6 Å². The highest BCUT2D eigenvalue weighted by Gasteiger charge is 2.20. The zero-order valence-corrected chi connectivity index (χ0v) is 7.76.